The summed E-state index contributed by atoms with van der Waals surface area (Å²) in [7, 11) is 1.73. The third-order valence-electron chi connectivity index (χ3n) is 3.83. The monoisotopic (exact) mass is 401 g/mol. The fourth-order valence-corrected chi connectivity index (χ4v) is 4.03. The number of rotatable bonds is 4. The van der Waals surface area contributed by atoms with Crippen LogP contribution in [0.1, 0.15) is 0 Å². The first-order chi connectivity index (χ1) is 13.0. The van der Waals surface area contributed by atoms with Crippen LogP contribution in [0.25, 0.3) is 27.2 Å². The van der Waals surface area contributed by atoms with E-state index in [0.717, 1.165) is 0 Å². The van der Waals surface area contributed by atoms with Gasteiger partial charge in [-0.3, -0.25) is 14.9 Å². The quantitative estimate of drug-likeness (QED) is 0.392. The van der Waals surface area contributed by atoms with E-state index in [1.807, 2.05) is 0 Å². The van der Waals surface area contributed by atoms with E-state index < -0.39 is 10.5 Å². The predicted molar refractivity (Wildman–Crippen MR) is 105 cm³/mol. The Labute approximate surface area is 159 Å². The maximum absolute atomic E-state index is 12.9. The van der Waals surface area contributed by atoms with Crippen LogP contribution < -0.4 is 16.6 Å². The van der Waals surface area contributed by atoms with Gasteiger partial charge in [0, 0.05) is 29.9 Å². The maximum atomic E-state index is 12.9. The van der Waals surface area contributed by atoms with Gasteiger partial charge in [-0.05, 0) is 12.1 Å². The Morgan fingerprint density at radius 3 is 2.63 bits per heavy atom. The number of aromatic nitrogens is 4. The molecule has 3 aromatic heterocycles. The van der Waals surface area contributed by atoms with Crippen molar-refractivity contribution in [1.29, 1.82) is 0 Å². The number of nitro benzene ring substituents is 1. The second kappa shape index (κ2) is 6.41. The van der Waals surface area contributed by atoms with Crippen LogP contribution in [0.4, 0.5) is 15.8 Å². The molecule has 0 bridgehead atoms. The molecule has 12 heteroatoms. The van der Waals surface area contributed by atoms with E-state index in [-0.39, 0.29) is 5.69 Å². The second-order valence-corrected chi connectivity index (χ2v) is 7.28. The SMILES string of the molecule is CNc1nnc(-c2nn(-c3ccc([N+](=O)[O-])cc3)c(=O)c3c(N)scc23)s1. The normalized spacial score (nSPS) is 11.0. The van der Waals surface area contributed by atoms with Gasteiger partial charge in [-0.15, -0.1) is 21.5 Å². The third-order valence-corrected chi connectivity index (χ3v) is 5.59. The van der Waals surface area contributed by atoms with Gasteiger partial charge in [0.25, 0.3) is 11.2 Å². The number of nitrogens with zero attached hydrogens (tertiary/aromatic N) is 5. The van der Waals surface area contributed by atoms with Gasteiger partial charge in [0.05, 0.1) is 21.0 Å². The zero-order chi connectivity index (χ0) is 19.1. The van der Waals surface area contributed by atoms with Gasteiger partial charge in [0.1, 0.15) is 5.69 Å². The predicted octanol–water partition coefficient (Wildman–Crippen LogP) is 2.50. The summed E-state index contributed by atoms with van der Waals surface area (Å²) in [6, 6.07) is 5.55. The van der Waals surface area contributed by atoms with Gasteiger partial charge in [0.15, 0.2) is 5.01 Å². The molecule has 0 amide bonds. The lowest BCUT2D eigenvalue weighted by molar-refractivity contribution is -0.384. The molecule has 3 heterocycles. The van der Waals surface area contributed by atoms with Gasteiger partial charge < -0.3 is 11.1 Å². The van der Waals surface area contributed by atoms with Crippen molar-refractivity contribution >= 4 is 49.3 Å². The molecule has 4 rings (SSSR count). The number of anilines is 2. The van der Waals surface area contributed by atoms with Crippen molar-refractivity contribution in [3.63, 3.8) is 0 Å². The number of nitrogens with one attached hydrogen (secondary N) is 1. The number of nitrogens with two attached hydrogens (primary N) is 1. The zero-order valence-corrected chi connectivity index (χ0v) is 15.4. The number of nitrogen functional groups attached to an aromatic ring is 1. The summed E-state index contributed by atoms with van der Waals surface area (Å²) in [4.78, 5) is 23.3. The molecule has 0 unspecified atom stereocenters. The molecule has 10 nitrogen and oxygen atoms in total. The van der Waals surface area contributed by atoms with Crippen molar-refractivity contribution in [3.05, 3.63) is 50.1 Å². The number of fused-ring (bicyclic) bond motifs is 1. The largest absolute Gasteiger partial charge is 0.390 e. The first kappa shape index (κ1) is 17.1. The van der Waals surface area contributed by atoms with E-state index >= 15 is 0 Å². The van der Waals surface area contributed by atoms with E-state index in [9.17, 15) is 14.9 Å². The summed E-state index contributed by atoms with van der Waals surface area (Å²) >= 11 is 2.53. The topological polar surface area (TPSA) is 142 Å². The molecule has 0 aliphatic heterocycles. The van der Waals surface area contributed by atoms with Crippen molar-refractivity contribution in [1.82, 2.24) is 20.0 Å². The summed E-state index contributed by atoms with van der Waals surface area (Å²) in [5.41, 5.74) is 6.38. The van der Waals surface area contributed by atoms with E-state index in [0.29, 0.717) is 37.3 Å². The van der Waals surface area contributed by atoms with Crippen LogP contribution >= 0.6 is 22.7 Å². The summed E-state index contributed by atoms with van der Waals surface area (Å²) in [5.74, 6) is 0. The molecule has 0 saturated heterocycles. The molecular formula is C15H11N7O3S2. The molecule has 4 aromatic rings. The fourth-order valence-electron chi connectivity index (χ4n) is 2.54. The van der Waals surface area contributed by atoms with E-state index in [1.54, 1.807) is 12.4 Å². The standard InChI is InChI=1S/C15H11N7O3S2/c1-17-15-19-18-13(27-15)11-9-6-26-12(16)10(9)14(23)21(20-11)7-2-4-8(5-3-7)22(24)25/h2-6H,16H2,1H3,(H,17,19). The molecule has 27 heavy (non-hydrogen) atoms. The molecule has 0 atom stereocenters. The highest BCUT2D eigenvalue weighted by Crippen LogP contribution is 2.34. The molecule has 0 aliphatic rings. The van der Waals surface area contributed by atoms with Crippen LogP contribution in [0.2, 0.25) is 0 Å². The van der Waals surface area contributed by atoms with Crippen molar-refractivity contribution in [2.24, 2.45) is 0 Å². The first-order valence-electron chi connectivity index (χ1n) is 7.56. The van der Waals surface area contributed by atoms with Gasteiger partial charge in [-0.2, -0.15) is 9.78 Å². The van der Waals surface area contributed by atoms with Gasteiger partial charge in [-0.25, -0.2) is 0 Å². The third kappa shape index (κ3) is 2.80. The number of hydrogen-bond donors (Lipinski definition) is 2. The molecule has 1 aromatic carbocycles. The Balaban J connectivity index is 1.98. The van der Waals surface area contributed by atoms with Gasteiger partial charge in [-0.1, -0.05) is 11.3 Å². The highest BCUT2D eigenvalue weighted by molar-refractivity contribution is 7.18. The van der Waals surface area contributed by atoms with Gasteiger partial charge in [0.2, 0.25) is 5.13 Å². The van der Waals surface area contributed by atoms with Crippen molar-refractivity contribution < 1.29 is 4.92 Å². The molecule has 136 valence electrons. The highest BCUT2D eigenvalue weighted by atomic mass is 32.1. The van der Waals surface area contributed by atoms with Crippen LogP contribution in [-0.2, 0) is 0 Å². The fraction of sp³-hybridized carbons (Fsp3) is 0.0667. The Hall–Kier alpha value is -3.38. The van der Waals surface area contributed by atoms with Crippen LogP contribution in [0.3, 0.4) is 0 Å². The second-order valence-electron chi connectivity index (χ2n) is 5.39. The number of non-ortho nitro benzene ring substituents is 1. The zero-order valence-electron chi connectivity index (χ0n) is 13.7. The molecule has 0 spiro atoms. The average molecular weight is 401 g/mol. The molecule has 0 fully saturated rings. The van der Waals surface area contributed by atoms with Crippen molar-refractivity contribution in [2.45, 2.75) is 0 Å². The Bertz CT molecular complexity index is 1230. The lowest BCUT2D eigenvalue weighted by atomic mass is 10.2. The molecule has 0 radical (unpaired) electrons. The van der Waals surface area contributed by atoms with Crippen LogP contribution in [0.15, 0.2) is 34.4 Å². The van der Waals surface area contributed by atoms with Gasteiger partial charge >= 0.3 is 0 Å². The smallest absolute Gasteiger partial charge is 0.282 e. The summed E-state index contributed by atoms with van der Waals surface area (Å²) in [5, 5.41) is 30.5. The van der Waals surface area contributed by atoms with Crippen LogP contribution in [0.5, 0.6) is 0 Å². The summed E-state index contributed by atoms with van der Waals surface area (Å²) < 4.78 is 1.17. The first-order valence-corrected chi connectivity index (χ1v) is 9.25. The van der Waals surface area contributed by atoms with Crippen LogP contribution in [0, 0.1) is 10.1 Å². The Morgan fingerprint density at radius 2 is 2.00 bits per heavy atom. The van der Waals surface area contributed by atoms with E-state index in [1.165, 1.54) is 51.6 Å². The van der Waals surface area contributed by atoms with E-state index in [2.05, 4.69) is 20.6 Å². The molecule has 0 aliphatic carbocycles. The number of benzene rings is 1. The number of hydrogen-bond acceptors (Lipinski definition) is 10. The van der Waals surface area contributed by atoms with Crippen LogP contribution in [-0.4, -0.2) is 31.9 Å². The summed E-state index contributed by atoms with van der Waals surface area (Å²) in [6.07, 6.45) is 0. The molecule has 3 N–H and O–H groups in total. The van der Waals surface area contributed by atoms with Crippen molar-refractivity contribution in [2.75, 3.05) is 18.1 Å². The number of thiophene rings is 1. The lowest BCUT2D eigenvalue weighted by Gasteiger charge is -2.07. The summed E-state index contributed by atoms with van der Waals surface area (Å²) in [6.45, 7) is 0. The Kier molecular flexibility index (Phi) is 4.05. The minimum atomic E-state index is -0.508. The average Bonchev–Trinajstić information content (AvgIpc) is 3.30. The van der Waals surface area contributed by atoms with Crippen molar-refractivity contribution in [3.8, 4) is 16.4 Å². The molecular weight excluding hydrogens is 390 g/mol. The minimum absolute atomic E-state index is 0.0778. The van der Waals surface area contributed by atoms with E-state index in [4.69, 9.17) is 5.73 Å². The highest BCUT2D eigenvalue weighted by Gasteiger charge is 2.20. The lowest BCUT2D eigenvalue weighted by Crippen LogP contribution is -2.22. The Morgan fingerprint density at radius 1 is 1.26 bits per heavy atom. The molecule has 0 saturated carbocycles. The number of nitro groups is 1. The maximum Gasteiger partial charge on any atom is 0.282 e. The minimum Gasteiger partial charge on any atom is -0.390 e.